The SMILES string of the molecule is CCn1ccc2cc(NC(=O)CNC(=O)c3ccoc3C)ccc21. The Bertz CT molecular complexity index is 892. The molecule has 0 radical (unpaired) electrons. The van der Waals surface area contributed by atoms with Crippen LogP contribution in [-0.4, -0.2) is 22.9 Å². The lowest BCUT2D eigenvalue weighted by Crippen LogP contribution is -2.32. The lowest BCUT2D eigenvalue weighted by Gasteiger charge is -2.07. The van der Waals surface area contributed by atoms with Crippen molar-refractivity contribution in [3.05, 3.63) is 54.1 Å². The molecule has 0 aliphatic heterocycles. The molecule has 0 fully saturated rings. The molecule has 2 aromatic heterocycles. The van der Waals surface area contributed by atoms with E-state index in [4.69, 9.17) is 4.42 Å². The maximum Gasteiger partial charge on any atom is 0.255 e. The number of furan rings is 1. The van der Waals surface area contributed by atoms with Gasteiger partial charge in [-0.2, -0.15) is 0 Å². The highest BCUT2D eigenvalue weighted by atomic mass is 16.3. The molecule has 6 nitrogen and oxygen atoms in total. The molecule has 0 atom stereocenters. The summed E-state index contributed by atoms with van der Waals surface area (Å²) in [6, 6.07) is 9.34. The predicted molar refractivity (Wildman–Crippen MR) is 92.0 cm³/mol. The standard InChI is InChI=1S/C18H19N3O3/c1-3-21-8-6-13-10-14(4-5-16(13)21)20-17(22)11-19-18(23)15-7-9-24-12(15)2/h4-10H,3,11H2,1-2H3,(H,19,23)(H,20,22). The van der Waals surface area contributed by atoms with Crippen LogP contribution in [0.4, 0.5) is 5.69 Å². The van der Waals surface area contributed by atoms with Gasteiger partial charge in [0.25, 0.3) is 5.91 Å². The molecule has 0 bridgehead atoms. The second-order valence-electron chi connectivity index (χ2n) is 5.50. The highest BCUT2D eigenvalue weighted by molar-refractivity contribution is 6.00. The fraction of sp³-hybridized carbons (Fsp3) is 0.222. The molecule has 0 spiro atoms. The number of nitrogens with one attached hydrogen (secondary N) is 2. The van der Waals surface area contributed by atoms with E-state index >= 15 is 0 Å². The van der Waals surface area contributed by atoms with Crippen LogP contribution in [0.15, 0.2) is 47.2 Å². The molecule has 1 aromatic carbocycles. The minimum Gasteiger partial charge on any atom is -0.469 e. The maximum absolute atomic E-state index is 12.0. The molecule has 0 unspecified atom stereocenters. The summed E-state index contributed by atoms with van der Waals surface area (Å²) < 4.78 is 7.21. The summed E-state index contributed by atoms with van der Waals surface area (Å²) in [4.78, 5) is 24.0. The van der Waals surface area contributed by atoms with Crippen molar-refractivity contribution in [1.29, 1.82) is 0 Å². The van der Waals surface area contributed by atoms with Crippen LogP contribution < -0.4 is 10.6 Å². The fourth-order valence-electron chi connectivity index (χ4n) is 2.64. The molecule has 0 aliphatic rings. The van der Waals surface area contributed by atoms with E-state index < -0.39 is 0 Å². The second kappa shape index (κ2) is 6.62. The normalized spacial score (nSPS) is 10.8. The van der Waals surface area contributed by atoms with E-state index in [9.17, 15) is 9.59 Å². The molecule has 0 saturated heterocycles. The number of aromatic nitrogens is 1. The minimum absolute atomic E-state index is 0.0997. The summed E-state index contributed by atoms with van der Waals surface area (Å²) in [6.07, 6.45) is 3.46. The number of anilines is 1. The van der Waals surface area contributed by atoms with Crippen molar-refractivity contribution in [3.8, 4) is 0 Å². The van der Waals surface area contributed by atoms with Gasteiger partial charge in [0.15, 0.2) is 0 Å². The number of benzene rings is 1. The van der Waals surface area contributed by atoms with Crippen LogP contribution in [0.25, 0.3) is 10.9 Å². The average Bonchev–Trinajstić information content (AvgIpc) is 3.18. The van der Waals surface area contributed by atoms with Crippen LogP contribution in [-0.2, 0) is 11.3 Å². The maximum atomic E-state index is 12.0. The molecule has 2 amide bonds. The molecule has 6 heteroatoms. The van der Waals surface area contributed by atoms with Crippen LogP contribution in [0, 0.1) is 6.92 Å². The van der Waals surface area contributed by atoms with Gasteiger partial charge in [-0.05, 0) is 44.2 Å². The van der Waals surface area contributed by atoms with Gasteiger partial charge in [0.05, 0.1) is 18.4 Å². The van der Waals surface area contributed by atoms with Gasteiger partial charge < -0.3 is 19.6 Å². The Morgan fingerprint density at radius 1 is 1.21 bits per heavy atom. The quantitative estimate of drug-likeness (QED) is 0.757. The Morgan fingerprint density at radius 3 is 2.75 bits per heavy atom. The van der Waals surface area contributed by atoms with E-state index in [2.05, 4.69) is 22.1 Å². The van der Waals surface area contributed by atoms with Crippen LogP contribution in [0.5, 0.6) is 0 Å². The number of carbonyl (C=O) groups excluding carboxylic acids is 2. The van der Waals surface area contributed by atoms with Crippen molar-refractivity contribution in [3.63, 3.8) is 0 Å². The molecular formula is C18H19N3O3. The summed E-state index contributed by atoms with van der Waals surface area (Å²) in [6.45, 7) is 4.58. The zero-order valence-corrected chi connectivity index (χ0v) is 13.6. The third-order valence-electron chi connectivity index (χ3n) is 3.91. The number of hydrogen-bond donors (Lipinski definition) is 2. The van der Waals surface area contributed by atoms with E-state index in [1.54, 1.807) is 13.0 Å². The first-order chi connectivity index (χ1) is 11.6. The summed E-state index contributed by atoms with van der Waals surface area (Å²) >= 11 is 0. The number of nitrogens with zero attached hydrogens (tertiary/aromatic N) is 1. The zero-order chi connectivity index (χ0) is 17.1. The molecule has 124 valence electrons. The summed E-state index contributed by atoms with van der Waals surface area (Å²) in [5.74, 6) is -0.0792. The number of carbonyl (C=O) groups is 2. The van der Waals surface area contributed by atoms with E-state index in [-0.39, 0.29) is 18.4 Å². The predicted octanol–water partition coefficient (Wildman–Crippen LogP) is 2.93. The van der Waals surface area contributed by atoms with Crippen molar-refractivity contribution >= 4 is 28.4 Å². The minimum atomic E-state index is -0.327. The molecule has 2 heterocycles. The van der Waals surface area contributed by atoms with Gasteiger partial charge in [-0.1, -0.05) is 0 Å². The molecular weight excluding hydrogens is 306 g/mol. The third-order valence-corrected chi connectivity index (χ3v) is 3.91. The number of aryl methyl sites for hydroxylation is 2. The third kappa shape index (κ3) is 3.17. The molecule has 2 N–H and O–H groups in total. The van der Waals surface area contributed by atoms with Crippen LogP contribution in [0.1, 0.15) is 23.0 Å². The summed E-state index contributed by atoms with van der Waals surface area (Å²) in [7, 11) is 0. The lowest BCUT2D eigenvalue weighted by atomic mass is 10.2. The van der Waals surface area contributed by atoms with Gasteiger partial charge in [0.1, 0.15) is 5.76 Å². The van der Waals surface area contributed by atoms with Crippen molar-refractivity contribution < 1.29 is 14.0 Å². The van der Waals surface area contributed by atoms with Crippen LogP contribution in [0.3, 0.4) is 0 Å². The van der Waals surface area contributed by atoms with Crippen LogP contribution in [0.2, 0.25) is 0 Å². The Kier molecular flexibility index (Phi) is 4.37. The molecule has 0 aliphatic carbocycles. The van der Waals surface area contributed by atoms with Gasteiger partial charge in [0.2, 0.25) is 5.91 Å². The van der Waals surface area contributed by atoms with Crippen molar-refractivity contribution in [2.45, 2.75) is 20.4 Å². The number of fused-ring (bicyclic) bond motifs is 1. The van der Waals surface area contributed by atoms with Gasteiger partial charge in [-0.3, -0.25) is 9.59 Å². The van der Waals surface area contributed by atoms with Crippen molar-refractivity contribution in [2.24, 2.45) is 0 Å². The number of rotatable bonds is 5. The summed E-state index contributed by atoms with van der Waals surface area (Å²) in [5.41, 5.74) is 2.26. The van der Waals surface area contributed by atoms with E-state index in [1.807, 2.05) is 30.5 Å². The Hall–Kier alpha value is -3.02. The van der Waals surface area contributed by atoms with E-state index in [0.29, 0.717) is 17.0 Å². The van der Waals surface area contributed by atoms with Gasteiger partial charge in [-0.15, -0.1) is 0 Å². The molecule has 0 saturated carbocycles. The smallest absolute Gasteiger partial charge is 0.255 e. The number of hydrogen-bond acceptors (Lipinski definition) is 3. The van der Waals surface area contributed by atoms with Gasteiger partial charge in [-0.25, -0.2) is 0 Å². The monoisotopic (exact) mass is 325 g/mol. The average molecular weight is 325 g/mol. The van der Waals surface area contributed by atoms with Crippen LogP contribution >= 0.6 is 0 Å². The van der Waals surface area contributed by atoms with E-state index in [0.717, 1.165) is 17.4 Å². The lowest BCUT2D eigenvalue weighted by molar-refractivity contribution is -0.115. The first-order valence-corrected chi connectivity index (χ1v) is 7.79. The Labute approximate surface area is 139 Å². The zero-order valence-electron chi connectivity index (χ0n) is 13.6. The molecule has 3 aromatic rings. The van der Waals surface area contributed by atoms with Gasteiger partial charge in [0, 0.05) is 29.3 Å². The van der Waals surface area contributed by atoms with E-state index in [1.165, 1.54) is 6.26 Å². The highest BCUT2D eigenvalue weighted by Crippen LogP contribution is 2.20. The topological polar surface area (TPSA) is 76.3 Å². The van der Waals surface area contributed by atoms with Crippen molar-refractivity contribution in [2.75, 3.05) is 11.9 Å². The Balaban J connectivity index is 1.60. The number of amides is 2. The first-order valence-electron chi connectivity index (χ1n) is 7.79. The van der Waals surface area contributed by atoms with Crippen molar-refractivity contribution in [1.82, 2.24) is 9.88 Å². The largest absolute Gasteiger partial charge is 0.469 e. The fourth-order valence-corrected chi connectivity index (χ4v) is 2.64. The molecule has 3 rings (SSSR count). The highest BCUT2D eigenvalue weighted by Gasteiger charge is 2.12. The molecule has 24 heavy (non-hydrogen) atoms. The first kappa shape index (κ1) is 15.9. The van der Waals surface area contributed by atoms with Gasteiger partial charge >= 0.3 is 0 Å². The Morgan fingerprint density at radius 2 is 2.04 bits per heavy atom. The second-order valence-corrected chi connectivity index (χ2v) is 5.50. The summed E-state index contributed by atoms with van der Waals surface area (Å²) in [5, 5.41) is 6.43.